The van der Waals surface area contributed by atoms with Crippen LogP contribution in [0.25, 0.3) is 34.4 Å². The van der Waals surface area contributed by atoms with Crippen LogP contribution in [0.4, 0.5) is 0 Å². The van der Waals surface area contributed by atoms with Crippen molar-refractivity contribution >= 4 is 11.9 Å². The molecule has 4 aromatic rings. The highest BCUT2D eigenvalue weighted by atomic mass is 15.3. The maximum atomic E-state index is 4.49. The van der Waals surface area contributed by atoms with Crippen LogP contribution in [0.1, 0.15) is 11.1 Å². The van der Waals surface area contributed by atoms with E-state index in [-0.39, 0.29) is 0 Å². The van der Waals surface area contributed by atoms with E-state index >= 15 is 0 Å². The summed E-state index contributed by atoms with van der Waals surface area (Å²) in [6, 6.07) is 16.5. The van der Waals surface area contributed by atoms with Crippen LogP contribution >= 0.6 is 0 Å². The molecule has 0 fully saturated rings. The molecule has 114 valence electrons. The third kappa shape index (κ3) is 1.97. The summed E-state index contributed by atoms with van der Waals surface area (Å²) >= 11 is 0. The maximum Gasteiger partial charge on any atom is 0.255 e. The van der Waals surface area contributed by atoms with Crippen LogP contribution < -0.4 is 0 Å². The molecule has 0 saturated heterocycles. The molecule has 2 aromatic heterocycles. The molecule has 0 saturated carbocycles. The highest BCUT2D eigenvalue weighted by molar-refractivity contribution is 5.79. The molecule has 4 nitrogen and oxygen atoms in total. The molecular weight excluding hydrogens is 296 g/mol. The second kappa shape index (κ2) is 5.13. The van der Waals surface area contributed by atoms with Gasteiger partial charge in [-0.2, -0.15) is 0 Å². The predicted molar refractivity (Wildman–Crippen MR) is 94.4 cm³/mol. The van der Waals surface area contributed by atoms with Gasteiger partial charge in [-0.15, -0.1) is 10.2 Å². The molecule has 0 amide bonds. The van der Waals surface area contributed by atoms with Gasteiger partial charge in [-0.25, -0.2) is 4.98 Å². The van der Waals surface area contributed by atoms with Crippen LogP contribution in [0.15, 0.2) is 67.0 Å². The fraction of sp³-hybridized carbons (Fsp3) is 0.0500. The van der Waals surface area contributed by atoms with E-state index in [0.29, 0.717) is 5.78 Å². The summed E-state index contributed by atoms with van der Waals surface area (Å²) in [5, 5.41) is 8.50. The Morgan fingerprint density at radius 3 is 2.71 bits per heavy atom. The van der Waals surface area contributed by atoms with Crippen LogP contribution in [0.5, 0.6) is 0 Å². The zero-order valence-corrected chi connectivity index (χ0v) is 12.9. The van der Waals surface area contributed by atoms with E-state index in [0.717, 1.165) is 23.4 Å². The molecule has 0 aliphatic heterocycles. The van der Waals surface area contributed by atoms with Crippen molar-refractivity contribution in [2.45, 2.75) is 6.42 Å². The number of aromatic nitrogens is 4. The minimum Gasteiger partial charge on any atom is -0.266 e. The summed E-state index contributed by atoms with van der Waals surface area (Å²) in [5.41, 5.74) is 5.95. The molecule has 24 heavy (non-hydrogen) atoms. The first-order valence-electron chi connectivity index (χ1n) is 7.95. The quantitative estimate of drug-likeness (QED) is 0.561. The largest absolute Gasteiger partial charge is 0.266 e. The van der Waals surface area contributed by atoms with Crippen LogP contribution in [-0.4, -0.2) is 19.6 Å². The van der Waals surface area contributed by atoms with Gasteiger partial charge in [0.25, 0.3) is 5.78 Å². The van der Waals surface area contributed by atoms with Crippen molar-refractivity contribution in [3.05, 3.63) is 78.1 Å². The van der Waals surface area contributed by atoms with E-state index < -0.39 is 0 Å². The average molecular weight is 310 g/mol. The number of benzene rings is 2. The van der Waals surface area contributed by atoms with Gasteiger partial charge in [0.15, 0.2) is 5.82 Å². The van der Waals surface area contributed by atoms with Crippen LogP contribution in [0, 0.1) is 0 Å². The van der Waals surface area contributed by atoms with Gasteiger partial charge in [0.05, 0.1) is 0 Å². The Bertz CT molecular complexity index is 1080. The monoisotopic (exact) mass is 310 g/mol. The molecule has 4 heteroatoms. The third-order valence-electron chi connectivity index (χ3n) is 4.43. The number of hydrogen-bond acceptors (Lipinski definition) is 3. The van der Waals surface area contributed by atoms with Gasteiger partial charge in [0, 0.05) is 23.5 Å². The first-order chi connectivity index (χ1) is 11.9. The van der Waals surface area contributed by atoms with Crippen molar-refractivity contribution in [1.29, 1.82) is 0 Å². The van der Waals surface area contributed by atoms with Crippen molar-refractivity contribution < 1.29 is 0 Å². The first kappa shape index (κ1) is 13.2. The summed E-state index contributed by atoms with van der Waals surface area (Å²) in [6.07, 6.45) is 9.35. The van der Waals surface area contributed by atoms with Crippen LogP contribution in [0.2, 0.25) is 0 Å². The second-order valence-electron chi connectivity index (χ2n) is 5.89. The molecule has 0 N–H and O–H groups in total. The van der Waals surface area contributed by atoms with Crippen molar-refractivity contribution in [2.24, 2.45) is 0 Å². The third-order valence-corrected chi connectivity index (χ3v) is 4.43. The summed E-state index contributed by atoms with van der Waals surface area (Å²) in [5.74, 6) is 1.42. The predicted octanol–water partition coefficient (Wildman–Crippen LogP) is 4.03. The number of hydrogen-bond donors (Lipinski definition) is 0. The highest BCUT2D eigenvalue weighted by Gasteiger charge is 2.14. The van der Waals surface area contributed by atoms with Gasteiger partial charge in [0.2, 0.25) is 0 Å². The van der Waals surface area contributed by atoms with Gasteiger partial charge in [-0.1, -0.05) is 60.7 Å². The molecule has 0 unspecified atom stereocenters. The Morgan fingerprint density at radius 1 is 0.875 bits per heavy atom. The van der Waals surface area contributed by atoms with Crippen molar-refractivity contribution in [2.75, 3.05) is 0 Å². The van der Waals surface area contributed by atoms with Crippen molar-refractivity contribution in [3.8, 4) is 22.5 Å². The molecule has 0 spiro atoms. The molecule has 0 bridgehead atoms. The average Bonchev–Trinajstić information content (AvgIpc) is 3.28. The van der Waals surface area contributed by atoms with Gasteiger partial charge >= 0.3 is 0 Å². The van der Waals surface area contributed by atoms with Gasteiger partial charge in [0.1, 0.15) is 0 Å². The molecule has 0 radical (unpaired) electrons. The Kier molecular flexibility index (Phi) is 2.82. The zero-order valence-electron chi connectivity index (χ0n) is 12.9. The Labute approximate surface area is 139 Å². The maximum absolute atomic E-state index is 4.49. The molecule has 1 aliphatic rings. The SMILES string of the molecule is C1=Cc2c(cccc2-c2cnc3nnc(-c4ccccc4)n3c2)C1. The van der Waals surface area contributed by atoms with Crippen LogP contribution in [0.3, 0.4) is 0 Å². The van der Waals surface area contributed by atoms with E-state index in [9.17, 15) is 0 Å². The molecule has 1 aliphatic carbocycles. The number of allylic oxidation sites excluding steroid dienone is 1. The normalized spacial score (nSPS) is 12.7. The van der Waals surface area contributed by atoms with Crippen LogP contribution in [-0.2, 0) is 6.42 Å². The minimum absolute atomic E-state index is 0.612. The van der Waals surface area contributed by atoms with Crippen molar-refractivity contribution in [3.63, 3.8) is 0 Å². The highest BCUT2D eigenvalue weighted by Crippen LogP contribution is 2.31. The topological polar surface area (TPSA) is 43.1 Å². The lowest BCUT2D eigenvalue weighted by atomic mass is 9.99. The van der Waals surface area contributed by atoms with E-state index in [1.807, 2.05) is 40.9 Å². The Balaban J connectivity index is 1.72. The molecule has 2 aromatic carbocycles. The lowest BCUT2D eigenvalue weighted by Gasteiger charge is -2.08. The standard InChI is InChI=1S/C20H14N4/c1-2-6-15(7-3-1)19-22-23-20-21-12-16(13-24(19)20)18-11-5-9-14-8-4-10-17(14)18/h1-7,9-13H,8H2. The lowest BCUT2D eigenvalue weighted by molar-refractivity contribution is 1.10. The number of rotatable bonds is 2. The van der Waals surface area contributed by atoms with Crippen molar-refractivity contribution in [1.82, 2.24) is 19.6 Å². The molecule has 5 rings (SSSR count). The summed E-state index contributed by atoms with van der Waals surface area (Å²) < 4.78 is 1.96. The number of fused-ring (bicyclic) bond motifs is 2. The van der Waals surface area contributed by atoms with Gasteiger partial charge in [-0.05, 0) is 23.1 Å². The summed E-state index contributed by atoms with van der Waals surface area (Å²) in [7, 11) is 0. The summed E-state index contributed by atoms with van der Waals surface area (Å²) in [6.45, 7) is 0. The zero-order chi connectivity index (χ0) is 15.9. The Morgan fingerprint density at radius 2 is 1.79 bits per heavy atom. The summed E-state index contributed by atoms with van der Waals surface area (Å²) in [4.78, 5) is 4.49. The van der Waals surface area contributed by atoms with E-state index in [2.05, 4.69) is 51.7 Å². The lowest BCUT2D eigenvalue weighted by Crippen LogP contribution is -1.95. The van der Waals surface area contributed by atoms with Gasteiger partial charge < -0.3 is 0 Å². The molecular formula is C20H14N4. The minimum atomic E-state index is 0.612. The molecule has 0 atom stereocenters. The second-order valence-corrected chi connectivity index (χ2v) is 5.89. The van der Waals surface area contributed by atoms with E-state index in [4.69, 9.17) is 0 Å². The fourth-order valence-corrected chi connectivity index (χ4v) is 3.26. The smallest absolute Gasteiger partial charge is 0.255 e. The fourth-order valence-electron chi connectivity index (χ4n) is 3.26. The number of nitrogens with zero attached hydrogens (tertiary/aromatic N) is 4. The molecule has 2 heterocycles. The Hall–Kier alpha value is -3.27. The first-order valence-corrected chi connectivity index (χ1v) is 7.95. The van der Waals surface area contributed by atoms with Gasteiger partial charge in [-0.3, -0.25) is 4.40 Å². The van der Waals surface area contributed by atoms with E-state index in [1.165, 1.54) is 16.7 Å². The van der Waals surface area contributed by atoms with E-state index in [1.54, 1.807) is 0 Å².